The Morgan fingerprint density at radius 2 is 2.28 bits per heavy atom. The van der Waals surface area contributed by atoms with Crippen LogP contribution in [0.5, 0.6) is 0 Å². The van der Waals surface area contributed by atoms with E-state index in [2.05, 4.69) is 30.6 Å². The van der Waals surface area contributed by atoms with Gasteiger partial charge in [0.2, 0.25) is 0 Å². The molecule has 1 aromatic rings. The number of methoxy groups -OCH3 is 1. The molecular weight excluding hydrogens is 246 g/mol. The highest BCUT2D eigenvalue weighted by Gasteiger charge is 2.49. The van der Waals surface area contributed by atoms with Gasteiger partial charge in [0.15, 0.2) is 0 Å². The van der Waals surface area contributed by atoms with Crippen molar-refractivity contribution in [1.29, 1.82) is 0 Å². The molecule has 0 aromatic carbocycles. The molecule has 100 valence electrons. The lowest BCUT2D eigenvalue weighted by atomic mass is 9.87. The molecule has 1 fully saturated rings. The van der Waals surface area contributed by atoms with E-state index in [1.807, 2.05) is 6.07 Å². The van der Waals surface area contributed by atoms with Crippen LogP contribution < -0.4 is 5.32 Å². The molecule has 1 aliphatic carbocycles. The maximum absolute atomic E-state index is 12.1. The zero-order valence-corrected chi connectivity index (χ0v) is 12.1. The van der Waals surface area contributed by atoms with Crippen molar-refractivity contribution in [3.8, 4) is 0 Å². The van der Waals surface area contributed by atoms with Gasteiger partial charge in [0, 0.05) is 11.4 Å². The van der Waals surface area contributed by atoms with Gasteiger partial charge in [-0.05, 0) is 36.1 Å². The van der Waals surface area contributed by atoms with Crippen molar-refractivity contribution in [3.63, 3.8) is 0 Å². The minimum absolute atomic E-state index is 0.121. The van der Waals surface area contributed by atoms with Crippen molar-refractivity contribution >= 4 is 17.3 Å². The van der Waals surface area contributed by atoms with Gasteiger partial charge in [0.1, 0.15) is 5.54 Å². The van der Waals surface area contributed by atoms with Crippen LogP contribution in [0.1, 0.15) is 38.0 Å². The summed E-state index contributed by atoms with van der Waals surface area (Å²) in [6.45, 7) is 5.16. The Kier molecular flexibility index (Phi) is 3.78. The Bertz CT molecular complexity index is 413. The molecular formula is C14H21NO2S. The van der Waals surface area contributed by atoms with Crippen LogP contribution in [0.15, 0.2) is 17.5 Å². The van der Waals surface area contributed by atoms with E-state index < -0.39 is 5.54 Å². The summed E-state index contributed by atoms with van der Waals surface area (Å²) in [5, 5.41) is 5.50. The highest BCUT2D eigenvalue weighted by Crippen LogP contribution is 2.44. The second-order valence-corrected chi connectivity index (χ2v) is 6.88. The van der Waals surface area contributed by atoms with Crippen molar-refractivity contribution in [2.75, 3.05) is 7.11 Å². The van der Waals surface area contributed by atoms with E-state index >= 15 is 0 Å². The number of esters is 1. The summed E-state index contributed by atoms with van der Waals surface area (Å²) in [5.41, 5.74) is -0.293. The predicted molar refractivity (Wildman–Crippen MR) is 73.5 cm³/mol. The minimum atomic E-state index is -0.498. The van der Waals surface area contributed by atoms with Crippen LogP contribution in [0.2, 0.25) is 0 Å². The summed E-state index contributed by atoms with van der Waals surface area (Å²) in [5.74, 6) is -0.121. The van der Waals surface area contributed by atoms with Crippen molar-refractivity contribution in [2.24, 2.45) is 5.41 Å². The van der Waals surface area contributed by atoms with E-state index in [-0.39, 0.29) is 11.4 Å². The van der Waals surface area contributed by atoms with Gasteiger partial charge in [-0.15, -0.1) is 11.3 Å². The first-order valence-electron chi connectivity index (χ1n) is 6.33. The first-order valence-corrected chi connectivity index (χ1v) is 7.21. The average molecular weight is 267 g/mol. The van der Waals surface area contributed by atoms with Crippen molar-refractivity contribution in [3.05, 3.63) is 22.4 Å². The molecule has 18 heavy (non-hydrogen) atoms. The van der Waals surface area contributed by atoms with E-state index in [0.29, 0.717) is 0 Å². The lowest BCUT2D eigenvalue weighted by molar-refractivity contribution is -0.148. The monoisotopic (exact) mass is 267 g/mol. The summed E-state index contributed by atoms with van der Waals surface area (Å²) >= 11 is 1.71. The Balaban J connectivity index is 2.09. The Morgan fingerprint density at radius 3 is 2.78 bits per heavy atom. The molecule has 2 rings (SSSR count). The maximum Gasteiger partial charge on any atom is 0.326 e. The number of thiophene rings is 1. The number of rotatable bonds is 4. The zero-order chi connectivity index (χ0) is 13.2. The summed E-state index contributed by atoms with van der Waals surface area (Å²) in [6.07, 6.45) is 2.76. The highest BCUT2D eigenvalue weighted by atomic mass is 32.1. The van der Waals surface area contributed by atoms with Crippen LogP contribution in [0.25, 0.3) is 0 Å². The fourth-order valence-electron chi connectivity index (χ4n) is 2.81. The molecule has 1 saturated carbocycles. The third kappa shape index (κ3) is 2.75. The second-order valence-electron chi connectivity index (χ2n) is 5.85. The average Bonchev–Trinajstić information content (AvgIpc) is 2.94. The fourth-order valence-corrected chi connectivity index (χ4v) is 3.45. The molecule has 1 aromatic heterocycles. The molecule has 1 unspecified atom stereocenters. The third-order valence-corrected chi connectivity index (χ3v) is 4.64. The van der Waals surface area contributed by atoms with Gasteiger partial charge < -0.3 is 4.74 Å². The third-order valence-electron chi connectivity index (χ3n) is 3.77. The van der Waals surface area contributed by atoms with Crippen LogP contribution in [0.4, 0.5) is 0 Å². The van der Waals surface area contributed by atoms with Crippen LogP contribution >= 0.6 is 11.3 Å². The molecule has 1 N–H and O–H groups in total. The van der Waals surface area contributed by atoms with E-state index in [4.69, 9.17) is 4.74 Å². The molecule has 0 aliphatic heterocycles. The predicted octanol–water partition coefficient (Wildman–Crippen LogP) is 2.96. The molecule has 0 radical (unpaired) electrons. The van der Waals surface area contributed by atoms with Gasteiger partial charge in [0.25, 0.3) is 0 Å². The number of hydrogen-bond acceptors (Lipinski definition) is 4. The molecule has 0 amide bonds. The van der Waals surface area contributed by atoms with Crippen LogP contribution in [0.3, 0.4) is 0 Å². The van der Waals surface area contributed by atoms with Crippen molar-refractivity contribution < 1.29 is 9.53 Å². The fraction of sp³-hybridized carbons (Fsp3) is 0.643. The van der Waals surface area contributed by atoms with Gasteiger partial charge in [-0.1, -0.05) is 19.9 Å². The molecule has 1 heterocycles. The summed E-state index contributed by atoms with van der Waals surface area (Å²) in [4.78, 5) is 13.4. The van der Waals surface area contributed by atoms with Gasteiger partial charge in [-0.2, -0.15) is 0 Å². The van der Waals surface area contributed by atoms with Crippen molar-refractivity contribution in [1.82, 2.24) is 5.32 Å². The maximum atomic E-state index is 12.1. The number of nitrogens with one attached hydrogen (secondary N) is 1. The molecule has 0 saturated heterocycles. The smallest absolute Gasteiger partial charge is 0.326 e. The number of hydrogen-bond donors (Lipinski definition) is 1. The number of carbonyl (C=O) groups excluding carboxylic acids is 1. The van der Waals surface area contributed by atoms with Gasteiger partial charge >= 0.3 is 5.97 Å². The van der Waals surface area contributed by atoms with Gasteiger partial charge in [0.05, 0.1) is 7.11 Å². The topological polar surface area (TPSA) is 38.3 Å². The molecule has 1 aliphatic rings. The van der Waals surface area contributed by atoms with E-state index in [1.54, 1.807) is 11.3 Å². The standard InChI is InChI=1S/C14H21NO2S/c1-13(2)6-7-14(10-13,12(16)17-3)15-9-11-5-4-8-18-11/h4-5,8,15H,6-7,9-10H2,1-3H3. The normalized spacial score (nSPS) is 26.2. The second kappa shape index (κ2) is 5.02. The number of ether oxygens (including phenoxy) is 1. The molecule has 4 heteroatoms. The Hall–Kier alpha value is -0.870. The largest absolute Gasteiger partial charge is 0.468 e. The van der Waals surface area contributed by atoms with Crippen LogP contribution in [0, 0.1) is 5.41 Å². The quantitative estimate of drug-likeness (QED) is 0.852. The van der Waals surface area contributed by atoms with Crippen molar-refractivity contribution in [2.45, 2.75) is 45.2 Å². The number of carbonyl (C=O) groups is 1. The lowest BCUT2D eigenvalue weighted by Gasteiger charge is -2.29. The van der Waals surface area contributed by atoms with Crippen LogP contribution in [-0.4, -0.2) is 18.6 Å². The SMILES string of the molecule is COC(=O)C1(NCc2cccs2)CCC(C)(C)C1. The summed E-state index contributed by atoms with van der Waals surface area (Å²) in [6, 6.07) is 4.12. The highest BCUT2D eigenvalue weighted by molar-refractivity contribution is 7.09. The minimum Gasteiger partial charge on any atom is -0.468 e. The summed E-state index contributed by atoms with van der Waals surface area (Å²) < 4.78 is 5.00. The van der Waals surface area contributed by atoms with Crippen LogP contribution in [-0.2, 0) is 16.1 Å². The first kappa shape index (κ1) is 13.6. The lowest BCUT2D eigenvalue weighted by Crippen LogP contribution is -2.50. The van der Waals surface area contributed by atoms with Gasteiger partial charge in [-0.3, -0.25) is 10.1 Å². The molecule has 1 atom stereocenters. The Labute approximate surface area is 113 Å². The molecule has 0 spiro atoms. The van der Waals surface area contributed by atoms with E-state index in [0.717, 1.165) is 25.8 Å². The summed E-state index contributed by atoms with van der Waals surface area (Å²) in [7, 11) is 1.47. The first-order chi connectivity index (χ1) is 8.47. The van der Waals surface area contributed by atoms with E-state index in [9.17, 15) is 4.79 Å². The Morgan fingerprint density at radius 1 is 1.50 bits per heavy atom. The van der Waals surface area contributed by atoms with E-state index in [1.165, 1.54) is 12.0 Å². The molecule has 0 bridgehead atoms. The molecule has 3 nitrogen and oxygen atoms in total. The zero-order valence-electron chi connectivity index (χ0n) is 11.3. The van der Waals surface area contributed by atoms with Gasteiger partial charge in [-0.25, -0.2) is 0 Å².